The molecule has 4 heteroatoms. The molecule has 1 atom stereocenters. The normalized spacial score (nSPS) is 17.3. The number of aryl methyl sites for hydroxylation is 2. The van der Waals surface area contributed by atoms with Crippen LogP contribution in [0, 0.1) is 19.8 Å². The molecule has 2 heterocycles. The van der Waals surface area contributed by atoms with Gasteiger partial charge in [-0.1, -0.05) is 69.0 Å². The summed E-state index contributed by atoms with van der Waals surface area (Å²) in [5, 5.41) is 6.42. The van der Waals surface area contributed by atoms with Crippen molar-refractivity contribution in [1.82, 2.24) is 10.2 Å². The number of piperidine rings is 1. The van der Waals surface area contributed by atoms with Crippen LogP contribution in [0.2, 0.25) is 0 Å². The van der Waals surface area contributed by atoms with Gasteiger partial charge in [0.1, 0.15) is 5.84 Å². The molecule has 2 aromatic carbocycles. The molecular weight excluding hydrogens is 416 g/mol. The highest BCUT2D eigenvalue weighted by Gasteiger charge is 2.18. The lowest BCUT2D eigenvalue weighted by Crippen LogP contribution is -2.35. The maximum Gasteiger partial charge on any atom is 0.132 e. The zero-order chi connectivity index (χ0) is 24.7. The van der Waals surface area contributed by atoms with Gasteiger partial charge in [0.2, 0.25) is 0 Å². The van der Waals surface area contributed by atoms with Gasteiger partial charge in [0.25, 0.3) is 0 Å². The minimum Gasteiger partial charge on any atom is -0.359 e. The summed E-state index contributed by atoms with van der Waals surface area (Å²) in [4.78, 5) is 7.02. The summed E-state index contributed by atoms with van der Waals surface area (Å²) < 4.78 is 0. The largest absolute Gasteiger partial charge is 0.359 e. The molecule has 0 amide bonds. The van der Waals surface area contributed by atoms with Crippen LogP contribution in [0.5, 0.6) is 0 Å². The lowest BCUT2D eigenvalue weighted by atomic mass is 9.95. The van der Waals surface area contributed by atoms with E-state index in [9.17, 15) is 0 Å². The molecule has 0 spiro atoms. The summed E-state index contributed by atoms with van der Waals surface area (Å²) in [6.07, 6.45) is 2.75. The second-order valence-corrected chi connectivity index (χ2v) is 10.1. The highest BCUT2D eigenvalue weighted by atomic mass is 15.1. The number of allylic oxidation sites excluding steroid dienone is 1. The van der Waals surface area contributed by atoms with Crippen LogP contribution in [-0.2, 0) is 0 Å². The van der Waals surface area contributed by atoms with E-state index in [0.717, 1.165) is 34.4 Å². The molecule has 2 aromatic rings. The third-order valence-corrected chi connectivity index (χ3v) is 6.64. The van der Waals surface area contributed by atoms with Gasteiger partial charge in [-0.25, -0.2) is 0 Å². The Bertz CT molecular complexity index is 1010. The minimum absolute atomic E-state index is 0.656. The monoisotopic (exact) mass is 458 g/mol. The van der Waals surface area contributed by atoms with Gasteiger partial charge < -0.3 is 15.5 Å². The number of anilines is 1. The Morgan fingerprint density at radius 3 is 2.41 bits per heavy atom. The first-order chi connectivity index (χ1) is 16.2. The first-order valence-corrected chi connectivity index (χ1v) is 12.5. The molecule has 2 aliphatic heterocycles. The molecular formula is C30H42N4. The fourth-order valence-electron chi connectivity index (χ4n) is 4.35. The second kappa shape index (κ2) is 12.0. The Kier molecular flexibility index (Phi) is 9.12. The summed E-state index contributed by atoms with van der Waals surface area (Å²) in [5.74, 6) is 2.48. The van der Waals surface area contributed by atoms with Crippen LogP contribution in [0.3, 0.4) is 0 Å². The van der Waals surface area contributed by atoms with Gasteiger partial charge in [-0.2, -0.15) is 0 Å². The van der Waals surface area contributed by atoms with Gasteiger partial charge in [-0.15, -0.1) is 0 Å². The van der Waals surface area contributed by atoms with Crippen LogP contribution >= 0.6 is 0 Å². The number of hydrogen-bond donors (Lipinski definition) is 2. The van der Waals surface area contributed by atoms with Crippen LogP contribution < -0.4 is 10.6 Å². The number of nitrogens with one attached hydrogen (secondary N) is 2. The molecule has 0 radical (unpaired) electrons. The van der Waals surface area contributed by atoms with Crippen molar-refractivity contribution in [2.45, 2.75) is 53.4 Å². The molecule has 1 saturated heterocycles. The van der Waals surface area contributed by atoms with Gasteiger partial charge in [0.05, 0.1) is 6.54 Å². The van der Waals surface area contributed by atoms with Gasteiger partial charge in [0.15, 0.2) is 0 Å². The molecule has 1 fully saturated rings. The molecule has 34 heavy (non-hydrogen) atoms. The lowest BCUT2D eigenvalue weighted by Gasteiger charge is -2.32. The van der Waals surface area contributed by atoms with Crippen LogP contribution in [0.4, 0.5) is 5.69 Å². The van der Waals surface area contributed by atoms with Gasteiger partial charge >= 0.3 is 0 Å². The molecule has 2 N–H and O–H groups in total. The molecule has 4 rings (SSSR count). The van der Waals surface area contributed by atoms with Gasteiger partial charge in [-0.3, -0.25) is 4.99 Å². The molecule has 0 aliphatic carbocycles. The highest BCUT2D eigenvalue weighted by Crippen LogP contribution is 2.22. The van der Waals surface area contributed by atoms with Crippen LogP contribution in [0.1, 0.15) is 61.8 Å². The van der Waals surface area contributed by atoms with Crippen molar-refractivity contribution in [3.05, 3.63) is 89.3 Å². The zero-order valence-corrected chi connectivity index (χ0v) is 21.7. The van der Waals surface area contributed by atoms with Crippen molar-refractivity contribution in [3.63, 3.8) is 0 Å². The third-order valence-electron chi connectivity index (χ3n) is 6.64. The summed E-state index contributed by atoms with van der Waals surface area (Å²) in [5.41, 5.74) is 8.03. The molecule has 182 valence electrons. The van der Waals surface area contributed by atoms with E-state index in [2.05, 4.69) is 104 Å². The summed E-state index contributed by atoms with van der Waals surface area (Å²) >= 11 is 0. The molecule has 2 aliphatic rings. The highest BCUT2D eigenvalue weighted by molar-refractivity contribution is 6.02. The summed E-state index contributed by atoms with van der Waals surface area (Å²) in [7, 11) is 0. The molecule has 4 nitrogen and oxygen atoms in total. The Morgan fingerprint density at radius 2 is 1.82 bits per heavy atom. The number of benzene rings is 2. The molecule has 0 bridgehead atoms. The first kappa shape index (κ1) is 25.8. The van der Waals surface area contributed by atoms with Crippen LogP contribution in [-0.4, -0.2) is 36.9 Å². The predicted octanol–water partition coefficient (Wildman–Crippen LogP) is 6.63. The number of aliphatic imine (C=N–C) groups is 1. The van der Waals surface area contributed by atoms with Crippen LogP contribution in [0.15, 0.2) is 72.0 Å². The Morgan fingerprint density at radius 1 is 1.15 bits per heavy atom. The number of rotatable bonds is 6. The number of nitrogens with zero attached hydrogens (tertiary/aromatic N) is 2. The summed E-state index contributed by atoms with van der Waals surface area (Å²) in [6.45, 7) is 23.1. The van der Waals surface area contributed by atoms with Crippen molar-refractivity contribution < 1.29 is 0 Å². The first-order valence-electron chi connectivity index (χ1n) is 12.5. The van der Waals surface area contributed by atoms with Crippen molar-refractivity contribution in [3.8, 4) is 0 Å². The maximum absolute atomic E-state index is 4.39. The fraction of sp³-hybridized carbons (Fsp3) is 0.433. The van der Waals surface area contributed by atoms with E-state index in [1.807, 2.05) is 6.92 Å². The Hall–Kier alpha value is -2.85. The average Bonchev–Trinajstić information content (AvgIpc) is 3.24. The van der Waals surface area contributed by atoms with E-state index in [4.69, 9.17) is 0 Å². The second-order valence-electron chi connectivity index (χ2n) is 10.1. The molecule has 0 aromatic heterocycles. The van der Waals surface area contributed by atoms with E-state index >= 15 is 0 Å². The maximum atomic E-state index is 4.39. The topological polar surface area (TPSA) is 39.7 Å². The minimum atomic E-state index is 0.656. The SMILES string of the molecule is C=C(C)Nc1cc(C2=NCC(=C)N2)ccc1C.Cc1ccc(C(C)CN2CCC(C)CC2)cc1. The average molecular weight is 459 g/mol. The zero-order valence-electron chi connectivity index (χ0n) is 21.7. The van der Waals surface area contributed by atoms with Crippen molar-refractivity contribution in [2.24, 2.45) is 10.9 Å². The number of amidine groups is 1. The van der Waals surface area contributed by atoms with E-state index in [0.29, 0.717) is 12.5 Å². The smallest absolute Gasteiger partial charge is 0.132 e. The van der Waals surface area contributed by atoms with Gasteiger partial charge in [-0.05, 0) is 75.7 Å². The number of likely N-dealkylation sites (tertiary alicyclic amines) is 1. The van der Waals surface area contributed by atoms with E-state index < -0.39 is 0 Å². The van der Waals surface area contributed by atoms with Crippen molar-refractivity contribution in [2.75, 3.05) is 31.5 Å². The number of hydrogen-bond acceptors (Lipinski definition) is 4. The Labute approximate surface area is 206 Å². The van der Waals surface area contributed by atoms with Gasteiger partial charge in [0, 0.05) is 29.2 Å². The molecule has 0 saturated carbocycles. The van der Waals surface area contributed by atoms with E-state index in [-0.39, 0.29) is 0 Å². The standard InChI is InChI=1S/C16H25N.C14H17N3/c1-13-4-6-16(7-5-13)15(3)12-17-10-8-14(2)9-11-17;1-9(2)16-13-7-12(6-5-10(13)3)14-15-8-11(4)17-14/h4-7,14-15H,8-12H2,1-3H3;5-7,16H,1,4,8H2,2-3H3,(H,15,17). The molecule has 1 unspecified atom stereocenters. The summed E-state index contributed by atoms with van der Waals surface area (Å²) in [6, 6.07) is 15.2. The Balaban J connectivity index is 0.000000191. The lowest BCUT2D eigenvalue weighted by molar-refractivity contribution is 0.185. The van der Waals surface area contributed by atoms with Crippen molar-refractivity contribution >= 4 is 11.5 Å². The fourth-order valence-corrected chi connectivity index (χ4v) is 4.35. The van der Waals surface area contributed by atoms with E-state index in [1.54, 1.807) is 0 Å². The third kappa shape index (κ3) is 7.59. The van der Waals surface area contributed by atoms with Crippen molar-refractivity contribution in [1.29, 1.82) is 0 Å². The predicted molar refractivity (Wildman–Crippen MR) is 148 cm³/mol. The quantitative estimate of drug-likeness (QED) is 0.510. The van der Waals surface area contributed by atoms with E-state index in [1.165, 1.54) is 49.2 Å². The van der Waals surface area contributed by atoms with Crippen LogP contribution in [0.25, 0.3) is 0 Å².